The van der Waals surface area contributed by atoms with Gasteiger partial charge in [-0.05, 0) is 20.8 Å². The van der Waals surface area contributed by atoms with E-state index in [1.54, 1.807) is 51.1 Å². The van der Waals surface area contributed by atoms with E-state index in [-0.39, 0.29) is 12.8 Å². The van der Waals surface area contributed by atoms with Crippen LogP contribution in [0.5, 0.6) is 0 Å². The molecule has 0 radical (unpaired) electrons. The topological polar surface area (TPSA) is 95.7 Å². The normalized spacial score (nSPS) is 12.3. The van der Waals surface area contributed by atoms with Crippen LogP contribution in [-0.4, -0.2) is 23.4 Å². The van der Waals surface area contributed by atoms with Crippen LogP contribution >= 0.6 is 0 Å². The van der Waals surface area contributed by atoms with Crippen molar-refractivity contribution < 1.29 is 23.9 Å². The Hall–Kier alpha value is -2.37. The van der Waals surface area contributed by atoms with Gasteiger partial charge in [-0.25, -0.2) is 4.79 Å². The zero-order chi connectivity index (χ0) is 16.8. The van der Waals surface area contributed by atoms with Gasteiger partial charge in [0.2, 0.25) is 12.0 Å². The molecule has 1 unspecified atom stereocenters. The lowest BCUT2D eigenvalue weighted by Crippen LogP contribution is -2.30. The lowest BCUT2D eigenvalue weighted by atomic mass is 10.1. The van der Waals surface area contributed by atoms with E-state index in [0.29, 0.717) is 5.56 Å². The molecule has 22 heavy (non-hydrogen) atoms. The van der Waals surface area contributed by atoms with Gasteiger partial charge in [-0.15, -0.1) is 0 Å². The van der Waals surface area contributed by atoms with E-state index in [9.17, 15) is 14.4 Å². The van der Waals surface area contributed by atoms with Crippen molar-refractivity contribution >= 4 is 17.8 Å². The molecule has 6 heteroatoms. The monoisotopic (exact) mass is 307 g/mol. The number of rotatable bonds is 6. The highest BCUT2D eigenvalue weighted by Gasteiger charge is 2.29. The largest absolute Gasteiger partial charge is 0.457 e. The standard InChI is InChI=1S/C16H21NO5/c1-16(2,3)22-15(20)14(11-7-5-4-6-8-11)21-13(19)10-9-12(17)18/h4-8,14H,9-10H2,1-3H3,(H2,17,18). The van der Waals surface area contributed by atoms with Crippen molar-refractivity contribution in [3.8, 4) is 0 Å². The fourth-order valence-corrected chi connectivity index (χ4v) is 1.65. The van der Waals surface area contributed by atoms with Crippen molar-refractivity contribution in [2.45, 2.75) is 45.3 Å². The quantitative estimate of drug-likeness (QED) is 0.809. The van der Waals surface area contributed by atoms with Crippen LogP contribution in [0.15, 0.2) is 30.3 Å². The van der Waals surface area contributed by atoms with Gasteiger partial charge in [0.15, 0.2) is 0 Å². The Morgan fingerprint density at radius 1 is 1.09 bits per heavy atom. The van der Waals surface area contributed by atoms with Crippen LogP contribution in [0.3, 0.4) is 0 Å². The van der Waals surface area contributed by atoms with Crippen molar-refractivity contribution in [3.63, 3.8) is 0 Å². The van der Waals surface area contributed by atoms with Crippen LogP contribution in [0.1, 0.15) is 45.3 Å². The maximum Gasteiger partial charge on any atom is 0.352 e. The number of ether oxygens (including phenoxy) is 2. The van der Waals surface area contributed by atoms with Gasteiger partial charge in [-0.3, -0.25) is 9.59 Å². The van der Waals surface area contributed by atoms with Gasteiger partial charge in [0.05, 0.1) is 6.42 Å². The third-order valence-electron chi connectivity index (χ3n) is 2.55. The van der Waals surface area contributed by atoms with Gasteiger partial charge < -0.3 is 15.2 Å². The second-order valence-corrected chi connectivity index (χ2v) is 5.78. The van der Waals surface area contributed by atoms with E-state index in [1.165, 1.54) is 0 Å². The summed E-state index contributed by atoms with van der Waals surface area (Å²) in [5.74, 6) is -1.95. The number of primary amides is 1. The average Bonchev–Trinajstić information content (AvgIpc) is 2.41. The summed E-state index contributed by atoms with van der Waals surface area (Å²) in [5.41, 5.74) is 4.79. The molecule has 0 spiro atoms. The number of carbonyl (C=O) groups is 3. The Morgan fingerprint density at radius 2 is 1.68 bits per heavy atom. The molecule has 6 nitrogen and oxygen atoms in total. The van der Waals surface area contributed by atoms with Crippen molar-refractivity contribution in [1.82, 2.24) is 0 Å². The summed E-state index contributed by atoms with van der Waals surface area (Å²) in [4.78, 5) is 34.7. The zero-order valence-electron chi connectivity index (χ0n) is 13.0. The summed E-state index contributed by atoms with van der Waals surface area (Å²) in [7, 11) is 0. The summed E-state index contributed by atoms with van der Waals surface area (Å²) in [6, 6.07) is 8.56. The minimum atomic E-state index is -1.17. The van der Waals surface area contributed by atoms with E-state index in [1.807, 2.05) is 0 Å². The minimum absolute atomic E-state index is 0.130. The van der Waals surface area contributed by atoms with Crippen LogP contribution in [0.25, 0.3) is 0 Å². The summed E-state index contributed by atoms with van der Waals surface area (Å²) in [5, 5.41) is 0. The summed E-state index contributed by atoms with van der Waals surface area (Å²) in [6.07, 6.45) is -1.48. The molecule has 0 aliphatic heterocycles. The summed E-state index contributed by atoms with van der Waals surface area (Å²) in [6.45, 7) is 5.17. The molecule has 1 aromatic rings. The Balaban J connectivity index is 2.86. The van der Waals surface area contributed by atoms with Crippen LogP contribution < -0.4 is 5.73 Å². The van der Waals surface area contributed by atoms with Gasteiger partial charge in [0.25, 0.3) is 0 Å². The number of benzene rings is 1. The molecule has 0 bridgehead atoms. The van der Waals surface area contributed by atoms with E-state index in [4.69, 9.17) is 15.2 Å². The molecule has 0 saturated heterocycles. The predicted molar refractivity (Wildman–Crippen MR) is 79.5 cm³/mol. The van der Waals surface area contributed by atoms with E-state index in [2.05, 4.69) is 0 Å². The predicted octanol–water partition coefficient (Wildman–Crippen LogP) is 1.88. The van der Waals surface area contributed by atoms with E-state index in [0.717, 1.165) is 0 Å². The van der Waals surface area contributed by atoms with Crippen molar-refractivity contribution in [3.05, 3.63) is 35.9 Å². The average molecular weight is 307 g/mol. The third-order valence-corrected chi connectivity index (χ3v) is 2.55. The van der Waals surface area contributed by atoms with Gasteiger partial charge >= 0.3 is 11.9 Å². The maximum atomic E-state index is 12.2. The molecular formula is C16H21NO5. The number of esters is 2. The number of amides is 1. The summed E-state index contributed by atoms with van der Waals surface area (Å²) < 4.78 is 10.4. The molecule has 0 aliphatic carbocycles. The highest BCUT2D eigenvalue weighted by molar-refractivity contribution is 5.83. The van der Waals surface area contributed by atoms with Crippen molar-refractivity contribution in [1.29, 1.82) is 0 Å². The molecule has 1 aromatic carbocycles. The number of hydrogen-bond donors (Lipinski definition) is 1. The maximum absolute atomic E-state index is 12.2. The number of hydrogen-bond acceptors (Lipinski definition) is 5. The highest BCUT2D eigenvalue weighted by Crippen LogP contribution is 2.22. The Labute approximate surface area is 129 Å². The number of nitrogens with two attached hydrogens (primary N) is 1. The van der Waals surface area contributed by atoms with Gasteiger partial charge in [0, 0.05) is 12.0 Å². The molecular weight excluding hydrogens is 286 g/mol. The third kappa shape index (κ3) is 6.39. The van der Waals surface area contributed by atoms with Crippen LogP contribution in [0, 0.1) is 0 Å². The lowest BCUT2D eigenvalue weighted by molar-refractivity contribution is -0.176. The molecule has 0 heterocycles. The SMILES string of the molecule is CC(C)(C)OC(=O)C(OC(=O)CCC(N)=O)c1ccccc1. The minimum Gasteiger partial charge on any atom is -0.457 e. The molecule has 2 N–H and O–H groups in total. The second kappa shape index (κ2) is 7.59. The Morgan fingerprint density at radius 3 is 2.18 bits per heavy atom. The van der Waals surface area contributed by atoms with Gasteiger partial charge in [0.1, 0.15) is 5.60 Å². The van der Waals surface area contributed by atoms with Gasteiger partial charge in [-0.2, -0.15) is 0 Å². The number of carbonyl (C=O) groups excluding carboxylic acids is 3. The first kappa shape index (κ1) is 17.7. The Kier molecular flexibility index (Phi) is 6.10. The molecule has 0 aliphatic rings. The molecule has 0 aromatic heterocycles. The smallest absolute Gasteiger partial charge is 0.352 e. The van der Waals surface area contributed by atoms with E-state index < -0.39 is 29.6 Å². The van der Waals surface area contributed by atoms with Crippen molar-refractivity contribution in [2.75, 3.05) is 0 Å². The first-order chi connectivity index (χ1) is 10.2. The zero-order valence-corrected chi connectivity index (χ0v) is 13.0. The first-order valence-electron chi connectivity index (χ1n) is 6.94. The summed E-state index contributed by atoms with van der Waals surface area (Å²) >= 11 is 0. The van der Waals surface area contributed by atoms with Crippen LogP contribution in [0.2, 0.25) is 0 Å². The molecule has 120 valence electrons. The van der Waals surface area contributed by atoms with E-state index >= 15 is 0 Å². The van der Waals surface area contributed by atoms with Crippen LogP contribution in [0.4, 0.5) is 0 Å². The molecule has 1 amide bonds. The Bertz CT molecular complexity index is 533. The fraction of sp³-hybridized carbons (Fsp3) is 0.438. The highest BCUT2D eigenvalue weighted by atomic mass is 16.6. The van der Waals surface area contributed by atoms with Crippen LogP contribution in [-0.2, 0) is 23.9 Å². The first-order valence-corrected chi connectivity index (χ1v) is 6.94. The lowest BCUT2D eigenvalue weighted by Gasteiger charge is -2.24. The molecule has 1 rings (SSSR count). The molecule has 0 saturated carbocycles. The van der Waals surface area contributed by atoms with Gasteiger partial charge in [-0.1, -0.05) is 30.3 Å². The molecule has 1 atom stereocenters. The molecule has 0 fully saturated rings. The second-order valence-electron chi connectivity index (χ2n) is 5.78. The fourth-order valence-electron chi connectivity index (χ4n) is 1.65. The van der Waals surface area contributed by atoms with Crippen molar-refractivity contribution in [2.24, 2.45) is 5.73 Å².